The summed E-state index contributed by atoms with van der Waals surface area (Å²) in [6.07, 6.45) is 0. The van der Waals surface area contributed by atoms with Crippen LogP contribution in [-0.2, 0) is 4.46 Å². The first-order valence-electron chi connectivity index (χ1n) is 0.651. The Morgan fingerprint density at radius 3 is 1.25 bits per heavy atom. The molecule has 0 radical (unpaired) electrons. The second-order valence-corrected chi connectivity index (χ2v) is 0.848. The fraction of sp³-hybridized carbons (Fsp3) is 0. The van der Waals surface area contributed by atoms with Gasteiger partial charge in [-0.15, -0.1) is 0 Å². The zero-order valence-corrected chi connectivity index (χ0v) is 3.30. The van der Waals surface area contributed by atoms with Gasteiger partial charge in [0.25, 0.3) is 0 Å². The van der Waals surface area contributed by atoms with Gasteiger partial charge in [-0.3, -0.25) is 4.46 Å². The van der Waals surface area contributed by atoms with Crippen molar-refractivity contribution in [3.8, 4) is 0 Å². The van der Waals surface area contributed by atoms with Gasteiger partial charge in [-0.05, 0) is 0 Å². The molecule has 0 saturated carbocycles. The van der Waals surface area contributed by atoms with E-state index in [2.05, 4.69) is 0 Å². The molecule has 0 amide bonds. The van der Waals surface area contributed by atoms with Crippen LogP contribution in [0.5, 0.6) is 0 Å². The molecule has 0 rings (SSSR count). The van der Waals surface area contributed by atoms with Crippen molar-refractivity contribution in [3.05, 3.63) is 0 Å². The molecule has 0 atom stereocenters. The van der Waals surface area contributed by atoms with E-state index < -0.39 is 9.17 Å². The Labute approximate surface area is 129 Å². The first-order chi connectivity index (χ1) is 1.73. The van der Waals surface area contributed by atoms with Crippen molar-refractivity contribution in [2.24, 2.45) is 0 Å². The van der Waals surface area contributed by atoms with Crippen molar-refractivity contribution >= 4 is 113 Å². The first-order valence-corrected chi connectivity index (χ1v) is 1.95. The van der Waals surface area contributed by atoms with Crippen LogP contribution < -0.4 is 0 Å². The summed E-state index contributed by atoms with van der Waals surface area (Å²) in [5.41, 5.74) is 0. The molecule has 4 nitrogen and oxygen atoms in total. The Morgan fingerprint density at radius 1 is 1.25 bits per heavy atom. The quantitative estimate of drug-likeness (QED) is 0.438. The summed E-state index contributed by atoms with van der Waals surface area (Å²) >= 11 is 0. The Bertz CT molecular complexity index is 39.0. The summed E-state index contributed by atoms with van der Waals surface area (Å²) in [6, 6.07) is 0. The molecule has 8 heteroatoms. The van der Waals surface area contributed by atoms with Crippen molar-refractivity contribution in [1.29, 1.82) is 0 Å². The van der Waals surface area contributed by atoms with Crippen molar-refractivity contribution in [1.82, 2.24) is 0 Å². The average Bonchev–Trinajstić information content (AvgIpc) is 0.811. The van der Waals surface area contributed by atoms with Gasteiger partial charge >= 0.3 is 95.8 Å². The Kier molecular flexibility index (Phi) is 86.2. The number of hydrogen-bond acceptors (Lipinski definition) is 1. The summed E-state index contributed by atoms with van der Waals surface area (Å²) in [6.45, 7) is 0. The minimum absolute atomic E-state index is 0. The molecule has 0 aromatic rings. The molecule has 0 aliphatic rings. The fourth-order valence-corrected chi connectivity index (χ4v) is 0. The van der Waals surface area contributed by atoms with Gasteiger partial charge in [-0.1, -0.05) is 0 Å². The summed E-state index contributed by atoms with van der Waals surface area (Å²) < 4.78 is 8.74. The molecule has 46 valence electrons. The van der Waals surface area contributed by atoms with Gasteiger partial charge in [0.05, 0.1) is 0 Å². The summed E-state index contributed by atoms with van der Waals surface area (Å²) in [5.74, 6) is 0. The van der Waals surface area contributed by atoms with Crippen LogP contribution in [0.3, 0.4) is 0 Å². The molecule has 0 aliphatic carbocycles. The van der Waals surface area contributed by atoms with E-state index >= 15 is 0 Å². The predicted molar refractivity (Wildman–Crippen MR) is 41.5 cm³/mol. The second-order valence-electron chi connectivity index (χ2n) is 0.283. The molecule has 4 N–H and O–H groups in total. The van der Waals surface area contributed by atoms with Gasteiger partial charge in [0.2, 0.25) is 0 Å². The molecule has 0 aromatic heterocycles. The standard InChI is InChI=1S/Al.Ba.Ca.H2O3Si.H2O.7H/c;;;1-4(2)3;;;;;;;;/h;;;1-2H;1H2;;;;;;;. The topological polar surface area (TPSA) is 89.0 Å². The van der Waals surface area contributed by atoms with Crippen LogP contribution in [0.15, 0.2) is 0 Å². The SMILES string of the molecule is O.O=[Si](O)O.[AlH3].[BaH2].[CaH2]. The van der Waals surface area contributed by atoms with Crippen LogP contribution in [0.2, 0.25) is 0 Å². The van der Waals surface area contributed by atoms with Crippen molar-refractivity contribution < 1.29 is 19.5 Å². The molecule has 0 bridgehead atoms. The molecule has 0 unspecified atom stereocenters. The van der Waals surface area contributed by atoms with E-state index in [1.165, 1.54) is 0 Å². The second kappa shape index (κ2) is 22.5. The molecule has 8 heavy (non-hydrogen) atoms. The van der Waals surface area contributed by atoms with E-state index in [0.29, 0.717) is 0 Å². The summed E-state index contributed by atoms with van der Waals surface area (Å²) in [7, 11) is -3.13. The van der Waals surface area contributed by atoms with E-state index in [4.69, 9.17) is 14.1 Å². The molecular formula is H11AlBaCaO4Si. The normalized spacial score (nSPS) is 3.00. The molecule has 0 spiro atoms. The molecule has 0 fully saturated rings. The van der Waals surface area contributed by atoms with Gasteiger partial charge in [0.15, 0.2) is 17.4 Å². The maximum atomic E-state index is 8.74. The third kappa shape index (κ3) is 65.2. The zero-order valence-electron chi connectivity index (χ0n) is 2.30. The van der Waals surface area contributed by atoms with Crippen molar-refractivity contribution in [2.45, 2.75) is 0 Å². The molecule has 0 heterocycles. The van der Waals surface area contributed by atoms with E-state index in [0.717, 1.165) is 0 Å². The maximum absolute atomic E-state index is 8.74. The zero-order chi connectivity index (χ0) is 3.58. The number of rotatable bonds is 0. The Balaban J connectivity index is -0.00000000750. The summed E-state index contributed by atoms with van der Waals surface area (Å²) in [5, 5.41) is 0. The van der Waals surface area contributed by atoms with Crippen LogP contribution in [0.4, 0.5) is 0 Å². The van der Waals surface area contributed by atoms with Crippen LogP contribution >= 0.6 is 0 Å². The molecule has 0 aromatic carbocycles. The van der Waals surface area contributed by atoms with Crippen LogP contribution in [0.1, 0.15) is 0 Å². The average molecular weight is 308 g/mol. The monoisotopic (exact) mass is 308 g/mol. The van der Waals surface area contributed by atoms with E-state index in [9.17, 15) is 0 Å². The van der Waals surface area contributed by atoms with Gasteiger partial charge in [0, 0.05) is 0 Å². The molecule has 0 saturated heterocycles. The minimum atomic E-state index is -3.13. The van der Waals surface area contributed by atoms with Gasteiger partial charge in [-0.2, -0.15) is 0 Å². The Morgan fingerprint density at radius 2 is 1.25 bits per heavy atom. The van der Waals surface area contributed by atoms with E-state index in [1.54, 1.807) is 0 Å². The predicted octanol–water partition coefficient (Wildman–Crippen LogP) is -5.45. The van der Waals surface area contributed by atoms with Gasteiger partial charge < -0.3 is 15.1 Å². The molecular weight excluding hydrogens is 296 g/mol. The van der Waals surface area contributed by atoms with Gasteiger partial charge in [-0.25, -0.2) is 0 Å². The van der Waals surface area contributed by atoms with Crippen LogP contribution in [0.25, 0.3) is 0 Å². The van der Waals surface area contributed by atoms with Crippen LogP contribution in [-0.4, -0.2) is 128 Å². The van der Waals surface area contributed by atoms with E-state index in [-0.39, 0.29) is 109 Å². The van der Waals surface area contributed by atoms with E-state index in [1.807, 2.05) is 0 Å². The first kappa shape index (κ1) is 30.6. The van der Waals surface area contributed by atoms with Crippen molar-refractivity contribution in [3.63, 3.8) is 0 Å². The molecule has 0 aliphatic heterocycles. The fourth-order valence-electron chi connectivity index (χ4n) is 0. The Hall–Kier alpha value is 2.94. The van der Waals surface area contributed by atoms with Gasteiger partial charge in [0.1, 0.15) is 0 Å². The van der Waals surface area contributed by atoms with Crippen molar-refractivity contribution in [2.75, 3.05) is 0 Å². The van der Waals surface area contributed by atoms with Crippen LogP contribution in [0, 0.1) is 0 Å². The number of hydrogen-bond donors (Lipinski definition) is 2. The third-order valence-electron chi connectivity index (χ3n) is 0. The summed E-state index contributed by atoms with van der Waals surface area (Å²) in [4.78, 5) is 14.3. The third-order valence-corrected chi connectivity index (χ3v) is 0.